The summed E-state index contributed by atoms with van der Waals surface area (Å²) < 4.78 is 4.76. The standard InChI is InChI=1S/C22H35O2/c1-2-3-4-5-6-7-8-9-10-11-12-13-14-16-21-17-15-18-22(19-21)24-20-23/h15,17-19H,2-14,16H2,1H3. The SMILES string of the molecule is CCCCCCCCCCCCCCCc1cccc(O[C]=O)c1. The molecule has 0 N–H and O–H groups in total. The molecule has 0 bridgehead atoms. The first kappa shape index (κ1) is 20.7. The first-order valence-corrected chi connectivity index (χ1v) is 9.99. The van der Waals surface area contributed by atoms with Crippen LogP contribution in [0.1, 0.15) is 96.0 Å². The highest BCUT2D eigenvalue weighted by atomic mass is 16.5. The average molecular weight is 332 g/mol. The van der Waals surface area contributed by atoms with E-state index in [9.17, 15) is 4.79 Å². The zero-order chi connectivity index (χ0) is 17.3. The Balaban J connectivity index is 1.88. The summed E-state index contributed by atoms with van der Waals surface area (Å²) in [4.78, 5) is 10.2. The zero-order valence-corrected chi connectivity index (χ0v) is 15.5. The lowest BCUT2D eigenvalue weighted by atomic mass is 10.0. The second-order valence-electron chi connectivity index (χ2n) is 6.83. The van der Waals surface area contributed by atoms with Crippen LogP contribution in [0.15, 0.2) is 24.3 Å². The van der Waals surface area contributed by atoms with Crippen molar-refractivity contribution in [2.24, 2.45) is 0 Å². The molecule has 0 atom stereocenters. The van der Waals surface area contributed by atoms with Crippen molar-refractivity contribution in [3.05, 3.63) is 29.8 Å². The number of rotatable bonds is 16. The van der Waals surface area contributed by atoms with Crippen LogP contribution in [0, 0.1) is 0 Å². The van der Waals surface area contributed by atoms with E-state index in [1.165, 1.54) is 95.5 Å². The van der Waals surface area contributed by atoms with Crippen LogP contribution in [-0.2, 0) is 11.2 Å². The second-order valence-corrected chi connectivity index (χ2v) is 6.83. The molecule has 2 heteroatoms. The molecule has 0 fully saturated rings. The monoisotopic (exact) mass is 331 g/mol. The summed E-state index contributed by atoms with van der Waals surface area (Å²) >= 11 is 0. The molecule has 0 amide bonds. The maximum absolute atomic E-state index is 10.2. The van der Waals surface area contributed by atoms with E-state index < -0.39 is 0 Å². The van der Waals surface area contributed by atoms with Gasteiger partial charge in [-0.3, -0.25) is 0 Å². The van der Waals surface area contributed by atoms with Crippen molar-refractivity contribution < 1.29 is 9.53 Å². The molecule has 0 aromatic heterocycles. The van der Waals surface area contributed by atoms with Gasteiger partial charge >= 0.3 is 6.47 Å². The highest BCUT2D eigenvalue weighted by Gasteiger charge is 1.98. The number of ether oxygens (including phenoxy) is 1. The molecule has 0 saturated heterocycles. The Kier molecular flexibility index (Phi) is 13.2. The molecule has 1 aromatic carbocycles. The van der Waals surface area contributed by atoms with Crippen LogP contribution in [0.2, 0.25) is 0 Å². The van der Waals surface area contributed by atoms with Gasteiger partial charge in [-0.25, -0.2) is 4.79 Å². The summed E-state index contributed by atoms with van der Waals surface area (Å²) in [6.07, 6.45) is 19.0. The van der Waals surface area contributed by atoms with Gasteiger partial charge < -0.3 is 4.74 Å². The molecule has 0 saturated carbocycles. The predicted molar refractivity (Wildman–Crippen MR) is 102 cm³/mol. The van der Waals surface area contributed by atoms with E-state index in [1.54, 1.807) is 6.07 Å². The van der Waals surface area contributed by atoms with Gasteiger partial charge in [0.15, 0.2) is 0 Å². The Labute approximate surface area is 149 Å². The number of hydrogen-bond donors (Lipinski definition) is 0. The van der Waals surface area contributed by atoms with Crippen LogP contribution < -0.4 is 4.74 Å². The molecule has 2 nitrogen and oxygen atoms in total. The Morgan fingerprint density at radius 2 is 1.33 bits per heavy atom. The Morgan fingerprint density at radius 3 is 1.88 bits per heavy atom. The number of aryl methyl sites for hydroxylation is 1. The predicted octanol–water partition coefficient (Wildman–Crippen LogP) is 6.77. The van der Waals surface area contributed by atoms with Gasteiger partial charge in [0, 0.05) is 0 Å². The zero-order valence-electron chi connectivity index (χ0n) is 15.5. The number of hydrogen-bond acceptors (Lipinski definition) is 2. The number of unbranched alkanes of at least 4 members (excludes halogenated alkanes) is 12. The Bertz CT molecular complexity index is 414. The topological polar surface area (TPSA) is 26.3 Å². The van der Waals surface area contributed by atoms with Crippen LogP contribution in [-0.4, -0.2) is 6.47 Å². The summed E-state index contributed by atoms with van der Waals surface area (Å²) in [5.74, 6) is 0.595. The third kappa shape index (κ3) is 11.3. The van der Waals surface area contributed by atoms with E-state index in [-0.39, 0.29) is 0 Å². The first-order valence-electron chi connectivity index (χ1n) is 9.99. The van der Waals surface area contributed by atoms with E-state index in [0.29, 0.717) is 5.75 Å². The smallest absolute Gasteiger partial charge is 0.418 e. The van der Waals surface area contributed by atoms with E-state index in [2.05, 4.69) is 13.0 Å². The molecule has 0 aliphatic carbocycles. The molecule has 0 unspecified atom stereocenters. The third-order valence-corrected chi connectivity index (χ3v) is 4.63. The van der Waals surface area contributed by atoms with E-state index >= 15 is 0 Å². The minimum Gasteiger partial charge on any atom is -0.418 e. The third-order valence-electron chi connectivity index (χ3n) is 4.63. The molecule has 1 aromatic rings. The van der Waals surface area contributed by atoms with Crippen molar-refractivity contribution >= 4 is 6.47 Å². The molecule has 24 heavy (non-hydrogen) atoms. The van der Waals surface area contributed by atoms with Crippen molar-refractivity contribution in [3.63, 3.8) is 0 Å². The van der Waals surface area contributed by atoms with Gasteiger partial charge in [-0.2, -0.15) is 0 Å². The van der Waals surface area contributed by atoms with Crippen molar-refractivity contribution in [1.29, 1.82) is 0 Å². The highest BCUT2D eigenvalue weighted by Crippen LogP contribution is 2.16. The van der Waals surface area contributed by atoms with Crippen molar-refractivity contribution in [2.45, 2.75) is 96.8 Å². The Morgan fingerprint density at radius 1 is 0.792 bits per heavy atom. The van der Waals surface area contributed by atoms with Gasteiger partial charge in [0.2, 0.25) is 0 Å². The molecule has 1 rings (SSSR count). The van der Waals surface area contributed by atoms with Crippen molar-refractivity contribution in [1.82, 2.24) is 0 Å². The quantitative estimate of drug-likeness (QED) is 0.312. The lowest BCUT2D eigenvalue weighted by Gasteiger charge is -2.04. The van der Waals surface area contributed by atoms with Gasteiger partial charge in [0.1, 0.15) is 5.75 Å². The fraction of sp³-hybridized carbons (Fsp3) is 0.682. The minimum atomic E-state index is 0.595. The van der Waals surface area contributed by atoms with Gasteiger partial charge in [-0.05, 0) is 30.5 Å². The normalized spacial score (nSPS) is 10.7. The lowest BCUT2D eigenvalue weighted by Crippen LogP contribution is -1.91. The number of benzene rings is 1. The van der Waals surface area contributed by atoms with Gasteiger partial charge in [-0.15, -0.1) is 0 Å². The molecule has 0 aliphatic heterocycles. The average Bonchev–Trinajstić information content (AvgIpc) is 2.60. The van der Waals surface area contributed by atoms with Crippen LogP contribution in [0.5, 0.6) is 5.75 Å². The Hall–Kier alpha value is -1.31. The summed E-state index contributed by atoms with van der Waals surface area (Å²) in [7, 11) is 0. The second kappa shape index (κ2) is 15.2. The summed E-state index contributed by atoms with van der Waals surface area (Å²) in [6.45, 7) is 3.75. The van der Waals surface area contributed by atoms with Gasteiger partial charge in [-0.1, -0.05) is 96.1 Å². The van der Waals surface area contributed by atoms with Crippen LogP contribution in [0.3, 0.4) is 0 Å². The minimum absolute atomic E-state index is 0.595. The summed E-state index contributed by atoms with van der Waals surface area (Å²) in [5, 5.41) is 0. The molecular weight excluding hydrogens is 296 g/mol. The largest absolute Gasteiger partial charge is 0.423 e. The molecule has 0 aliphatic rings. The molecule has 135 valence electrons. The molecule has 0 heterocycles. The van der Waals surface area contributed by atoms with Crippen molar-refractivity contribution in [2.75, 3.05) is 0 Å². The first-order chi connectivity index (χ1) is 11.9. The highest BCUT2D eigenvalue weighted by molar-refractivity contribution is 5.46. The molecule has 0 spiro atoms. The van der Waals surface area contributed by atoms with E-state index in [4.69, 9.17) is 4.74 Å². The van der Waals surface area contributed by atoms with E-state index in [0.717, 1.165) is 6.42 Å². The van der Waals surface area contributed by atoms with Crippen molar-refractivity contribution in [3.8, 4) is 5.75 Å². The fourth-order valence-electron chi connectivity index (χ4n) is 3.16. The number of carbonyl (C=O) groups excluding carboxylic acids is 1. The molecular formula is C22H35O2. The lowest BCUT2D eigenvalue weighted by molar-refractivity contribution is 0.442. The van der Waals surface area contributed by atoms with E-state index in [1.807, 2.05) is 12.1 Å². The van der Waals surface area contributed by atoms with Gasteiger partial charge in [0.05, 0.1) is 0 Å². The van der Waals surface area contributed by atoms with Crippen LogP contribution in [0.25, 0.3) is 0 Å². The maximum Gasteiger partial charge on any atom is 0.423 e. The summed E-state index contributed by atoms with van der Waals surface area (Å²) in [6, 6.07) is 7.76. The van der Waals surface area contributed by atoms with Gasteiger partial charge in [0.25, 0.3) is 0 Å². The maximum atomic E-state index is 10.2. The van der Waals surface area contributed by atoms with Crippen LogP contribution in [0.4, 0.5) is 0 Å². The molecule has 1 radical (unpaired) electrons. The van der Waals surface area contributed by atoms with Crippen LogP contribution >= 0.6 is 0 Å². The summed E-state index contributed by atoms with van der Waals surface area (Å²) in [5.41, 5.74) is 1.24. The fourth-order valence-corrected chi connectivity index (χ4v) is 3.16.